The fourth-order valence-electron chi connectivity index (χ4n) is 3.52. The molecule has 0 unspecified atom stereocenters. The molecule has 3 rings (SSSR count). The Balaban J connectivity index is 1.58. The van der Waals surface area contributed by atoms with Crippen LogP contribution < -0.4 is 5.32 Å². The third kappa shape index (κ3) is 3.49. The first-order valence-electron chi connectivity index (χ1n) is 8.63. The van der Waals surface area contributed by atoms with Gasteiger partial charge in [0.1, 0.15) is 0 Å². The van der Waals surface area contributed by atoms with E-state index in [0.29, 0.717) is 29.8 Å². The molecule has 1 saturated heterocycles. The van der Waals surface area contributed by atoms with Gasteiger partial charge in [-0.1, -0.05) is 13.3 Å². The highest BCUT2D eigenvalue weighted by atomic mass is 16.2. The molecule has 1 aromatic heterocycles. The van der Waals surface area contributed by atoms with Crippen molar-refractivity contribution in [3.63, 3.8) is 0 Å². The number of rotatable bonds is 5. The Morgan fingerprint density at radius 3 is 2.73 bits per heavy atom. The molecule has 1 aromatic rings. The molecule has 1 N–H and O–H groups in total. The number of aromatic nitrogens is 1. The van der Waals surface area contributed by atoms with Crippen LogP contribution in [0.25, 0.3) is 0 Å². The molecule has 120 valence electrons. The smallest absolute Gasteiger partial charge is 0.225 e. The zero-order valence-corrected chi connectivity index (χ0v) is 13.7. The van der Waals surface area contributed by atoms with Crippen LogP contribution in [0.4, 0.5) is 0 Å². The van der Waals surface area contributed by atoms with Gasteiger partial charge in [-0.25, -0.2) is 0 Å². The molecule has 4 nitrogen and oxygen atoms in total. The first kappa shape index (κ1) is 15.5. The van der Waals surface area contributed by atoms with Gasteiger partial charge in [-0.2, -0.15) is 0 Å². The number of amides is 1. The number of carbonyl (C=O) groups is 1. The van der Waals surface area contributed by atoms with Gasteiger partial charge in [0.2, 0.25) is 5.91 Å². The van der Waals surface area contributed by atoms with E-state index in [1.807, 2.05) is 12.4 Å². The van der Waals surface area contributed by atoms with Gasteiger partial charge in [0.15, 0.2) is 0 Å². The first-order chi connectivity index (χ1) is 10.7. The number of likely N-dealkylation sites (tertiary alicyclic amines) is 1. The van der Waals surface area contributed by atoms with Gasteiger partial charge in [0.25, 0.3) is 0 Å². The summed E-state index contributed by atoms with van der Waals surface area (Å²) in [6.07, 6.45) is 8.09. The number of hydrogen-bond donors (Lipinski definition) is 1. The number of hydrogen-bond acceptors (Lipinski definition) is 3. The molecule has 2 aliphatic rings. The molecule has 22 heavy (non-hydrogen) atoms. The summed E-state index contributed by atoms with van der Waals surface area (Å²) >= 11 is 0. The van der Waals surface area contributed by atoms with Gasteiger partial charge in [-0.05, 0) is 49.8 Å². The minimum absolute atomic E-state index is 0.327. The monoisotopic (exact) mass is 301 g/mol. The second-order valence-corrected chi connectivity index (χ2v) is 6.79. The maximum atomic E-state index is 12.3. The molecule has 0 radical (unpaired) electrons. The lowest BCUT2D eigenvalue weighted by atomic mass is 9.88. The second kappa shape index (κ2) is 6.78. The van der Waals surface area contributed by atoms with Gasteiger partial charge in [-0.3, -0.25) is 9.78 Å². The van der Waals surface area contributed by atoms with E-state index in [2.05, 4.69) is 41.2 Å². The number of carbonyl (C=O) groups excluding carboxylic acids is 1. The van der Waals surface area contributed by atoms with E-state index in [1.165, 1.54) is 5.56 Å². The molecular weight excluding hydrogens is 274 g/mol. The van der Waals surface area contributed by atoms with E-state index in [-0.39, 0.29) is 0 Å². The van der Waals surface area contributed by atoms with Crippen LogP contribution in [0.2, 0.25) is 0 Å². The van der Waals surface area contributed by atoms with E-state index >= 15 is 0 Å². The van der Waals surface area contributed by atoms with E-state index in [4.69, 9.17) is 0 Å². The van der Waals surface area contributed by atoms with Gasteiger partial charge in [0.05, 0.1) is 0 Å². The average Bonchev–Trinajstić information content (AvgIpc) is 3.40. The van der Waals surface area contributed by atoms with Crippen LogP contribution in [0.1, 0.15) is 51.1 Å². The Bertz CT molecular complexity index is 500. The minimum Gasteiger partial charge on any atom is -0.342 e. The van der Waals surface area contributed by atoms with Crippen molar-refractivity contribution in [3.8, 4) is 0 Å². The highest BCUT2D eigenvalue weighted by molar-refractivity contribution is 5.81. The molecular formula is C18H27N3O. The van der Waals surface area contributed by atoms with Crippen molar-refractivity contribution >= 4 is 5.91 Å². The van der Waals surface area contributed by atoms with Crippen LogP contribution in [0, 0.1) is 11.8 Å². The molecule has 3 atom stereocenters. The molecule has 2 fully saturated rings. The van der Waals surface area contributed by atoms with Crippen molar-refractivity contribution in [2.24, 2.45) is 11.8 Å². The van der Waals surface area contributed by atoms with Crippen molar-refractivity contribution in [3.05, 3.63) is 30.1 Å². The van der Waals surface area contributed by atoms with Crippen LogP contribution in [0.3, 0.4) is 0 Å². The lowest BCUT2D eigenvalue weighted by molar-refractivity contribution is -0.134. The number of nitrogens with one attached hydrogen (secondary N) is 1. The normalized spacial score (nSPS) is 26.7. The predicted molar refractivity (Wildman–Crippen MR) is 87.3 cm³/mol. The molecule has 1 aliphatic carbocycles. The zero-order valence-electron chi connectivity index (χ0n) is 13.7. The van der Waals surface area contributed by atoms with Crippen LogP contribution in [0.15, 0.2) is 24.5 Å². The van der Waals surface area contributed by atoms with Crippen molar-refractivity contribution < 1.29 is 4.79 Å². The Morgan fingerprint density at radius 1 is 1.36 bits per heavy atom. The van der Waals surface area contributed by atoms with E-state index in [1.54, 1.807) is 0 Å². The summed E-state index contributed by atoms with van der Waals surface area (Å²) in [5, 5.41) is 3.77. The molecule has 0 spiro atoms. The topological polar surface area (TPSA) is 45.2 Å². The summed E-state index contributed by atoms with van der Waals surface area (Å²) in [5.74, 6) is 1.30. The standard InChI is InChI=1S/C18H27N3O/c1-3-14-12-21(18(22)16-4-5-16)11-8-17(14)20-13(2)15-6-9-19-10-7-15/h6-7,9-10,13-14,16-17,20H,3-5,8,11-12H2,1-2H3/t13-,14+,17+/m0/s1. The quantitative estimate of drug-likeness (QED) is 0.909. The van der Waals surface area contributed by atoms with Crippen molar-refractivity contribution in [2.75, 3.05) is 13.1 Å². The van der Waals surface area contributed by atoms with Crippen LogP contribution >= 0.6 is 0 Å². The van der Waals surface area contributed by atoms with E-state index < -0.39 is 0 Å². The Labute approximate surface area is 133 Å². The van der Waals surface area contributed by atoms with Crippen molar-refractivity contribution in [2.45, 2.75) is 51.6 Å². The maximum absolute atomic E-state index is 12.3. The first-order valence-corrected chi connectivity index (χ1v) is 8.63. The SMILES string of the molecule is CC[C@@H]1CN(C(=O)C2CC2)CC[C@H]1N[C@@H](C)c1ccncc1. The van der Waals surface area contributed by atoms with Crippen LogP contribution in [-0.4, -0.2) is 34.9 Å². The average molecular weight is 301 g/mol. The highest BCUT2D eigenvalue weighted by Crippen LogP contribution is 2.33. The highest BCUT2D eigenvalue weighted by Gasteiger charge is 2.37. The molecule has 1 aliphatic heterocycles. The molecule has 4 heteroatoms. The third-order valence-electron chi connectivity index (χ3n) is 5.17. The Hall–Kier alpha value is -1.42. The van der Waals surface area contributed by atoms with Crippen molar-refractivity contribution in [1.82, 2.24) is 15.2 Å². The van der Waals surface area contributed by atoms with Gasteiger partial charge >= 0.3 is 0 Å². The summed E-state index contributed by atoms with van der Waals surface area (Å²) < 4.78 is 0. The fourth-order valence-corrected chi connectivity index (χ4v) is 3.52. The summed E-state index contributed by atoms with van der Waals surface area (Å²) in [7, 11) is 0. The Morgan fingerprint density at radius 2 is 2.09 bits per heavy atom. The molecule has 0 bridgehead atoms. The predicted octanol–water partition coefficient (Wildman–Crippen LogP) is 2.77. The summed E-state index contributed by atoms with van der Waals surface area (Å²) in [5.41, 5.74) is 1.28. The van der Waals surface area contributed by atoms with Gasteiger partial charge in [-0.15, -0.1) is 0 Å². The van der Waals surface area contributed by atoms with Crippen LogP contribution in [-0.2, 0) is 4.79 Å². The maximum Gasteiger partial charge on any atom is 0.225 e. The summed E-state index contributed by atoms with van der Waals surface area (Å²) in [6.45, 7) is 6.28. The van der Waals surface area contributed by atoms with Crippen LogP contribution in [0.5, 0.6) is 0 Å². The fraction of sp³-hybridized carbons (Fsp3) is 0.667. The molecule has 0 aromatic carbocycles. The number of nitrogens with zero attached hydrogens (tertiary/aromatic N) is 2. The van der Waals surface area contributed by atoms with Crippen molar-refractivity contribution in [1.29, 1.82) is 0 Å². The van der Waals surface area contributed by atoms with E-state index in [0.717, 1.165) is 38.8 Å². The largest absolute Gasteiger partial charge is 0.342 e. The Kier molecular flexibility index (Phi) is 4.77. The van der Waals surface area contributed by atoms with E-state index in [9.17, 15) is 4.79 Å². The summed E-state index contributed by atoms with van der Waals surface area (Å²) in [4.78, 5) is 18.5. The second-order valence-electron chi connectivity index (χ2n) is 6.79. The molecule has 1 saturated carbocycles. The number of piperidine rings is 1. The van der Waals surface area contributed by atoms with Gasteiger partial charge in [0, 0.05) is 43.5 Å². The summed E-state index contributed by atoms with van der Waals surface area (Å²) in [6, 6.07) is 4.97. The number of pyridine rings is 1. The molecule has 1 amide bonds. The lowest BCUT2D eigenvalue weighted by Crippen LogP contribution is -2.51. The van der Waals surface area contributed by atoms with Gasteiger partial charge < -0.3 is 10.2 Å². The zero-order chi connectivity index (χ0) is 15.5. The molecule has 2 heterocycles. The third-order valence-corrected chi connectivity index (χ3v) is 5.17. The minimum atomic E-state index is 0.327. The lowest BCUT2D eigenvalue weighted by Gasteiger charge is -2.40.